The van der Waals surface area contributed by atoms with E-state index in [0.717, 1.165) is 0 Å². The van der Waals surface area contributed by atoms with Gasteiger partial charge in [-0.15, -0.1) is 0 Å². The van der Waals surface area contributed by atoms with Crippen LogP contribution in [0.2, 0.25) is 5.02 Å². The minimum atomic E-state index is -0.0787. The van der Waals surface area contributed by atoms with Crippen LogP contribution in [0, 0.1) is 0 Å². The van der Waals surface area contributed by atoms with Gasteiger partial charge in [-0.05, 0) is 12.1 Å². The smallest absolute Gasteiger partial charge is 0.279 e. The molecule has 0 heterocycles. The quantitative estimate of drug-likeness (QED) is 0.700. The fourth-order valence-corrected chi connectivity index (χ4v) is 2.96. The number of anilines is 1. The molecule has 0 aromatic heterocycles. The Kier molecular flexibility index (Phi) is 5.83. The molecule has 1 amide bonds. The Morgan fingerprint density at radius 1 is 0.840 bits per heavy atom. The topological polar surface area (TPSA) is 45.7 Å². The molecule has 0 unspecified atom stereocenters. The van der Waals surface area contributed by atoms with Crippen LogP contribution in [0.4, 0.5) is 5.69 Å². The maximum absolute atomic E-state index is 12.3. The van der Waals surface area contributed by atoms with Crippen molar-refractivity contribution < 1.29 is 10.1 Å². The molecule has 0 fully saturated rings. The van der Waals surface area contributed by atoms with E-state index in [9.17, 15) is 4.79 Å². The van der Waals surface area contributed by atoms with Crippen molar-refractivity contribution in [1.82, 2.24) is 0 Å². The van der Waals surface area contributed by atoms with Gasteiger partial charge in [0.25, 0.3) is 5.91 Å². The predicted molar refractivity (Wildman–Crippen MR) is 102 cm³/mol. The Hall–Kier alpha value is -2.62. The Balaban J connectivity index is 1.71. The van der Waals surface area contributed by atoms with Crippen LogP contribution in [0.5, 0.6) is 0 Å². The van der Waals surface area contributed by atoms with Crippen molar-refractivity contribution in [3.8, 4) is 0 Å². The van der Waals surface area contributed by atoms with Crippen LogP contribution in [0.25, 0.3) is 0 Å². The third-order valence-electron chi connectivity index (χ3n) is 4.00. The first-order valence-electron chi connectivity index (χ1n) is 8.21. The second-order valence-corrected chi connectivity index (χ2v) is 6.17. The number of benzene rings is 3. The highest BCUT2D eigenvalue weighted by molar-refractivity contribution is 6.33. The van der Waals surface area contributed by atoms with Gasteiger partial charge in [-0.1, -0.05) is 84.4 Å². The highest BCUT2D eigenvalue weighted by Gasteiger charge is 2.18. The lowest BCUT2D eigenvalue weighted by Gasteiger charge is -2.16. The fourth-order valence-electron chi connectivity index (χ4n) is 2.77. The van der Waals surface area contributed by atoms with E-state index in [0.29, 0.717) is 17.3 Å². The number of nitrogens with two attached hydrogens (primary N) is 1. The molecular formula is C21H20ClN2O+. The lowest BCUT2D eigenvalue weighted by Crippen LogP contribution is -2.87. The minimum absolute atomic E-state index is 0.0689. The zero-order valence-corrected chi connectivity index (χ0v) is 14.5. The molecule has 0 aliphatic heterocycles. The van der Waals surface area contributed by atoms with Gasteiger partial charge in [0.15, 0.2) is 6.54 Å². The van der Waals surface area contributed by atoms with Crippen LogP contribution < -0.4 is 10.6 Å². The van der Waals surface area contributed by atoms with Gasteiger partial charge in [0.2, 0.25) is 0 Å². The van der Waals surface area contributed by atoms with E-state index < -0.39 is 0 Å². The number of carbonyl (C=O) groups is 1. The van der Waals surface area contributed by atoms with Gasteiger partial charge < -0.3 is 10.6 Å². The molecule has 0 radical (unpaired) electrons. The van der Waals surface area contributed by atoms with E-state index in [1.807, 2.05) is 53.8 Å². The van der Waals surface area contributed by atoms with Crippen molar-refractivity contribution in [2.24, 2.45) is 0 Å². The minimum Gasteiger partial charge on any atom is -0.328 e. The average molecular weight is 352 g/mol. The Morgan fingerprint density at radius 2 is 1.36 bits per heavy atom. The first kappa shape index (κ1) is 17.2. The largest absolute Gasteiger partial charge is 0.328 e. The summed E-state index contributed by atoms with van der Waals surface area (Å²) >= 11 is 6.10. The van der Waals surface area contributed by atoms with Crippen LogP contribution >= 0.6 is 11.6 Å². The van der Waals surface area contributed by atoms with Crippen LogP contribution in [-0.4, -0.2) is 12.5 Å². The van der Waals surface area contributed by atoms with E-state index >= 15 is 0 Å². The van der Waals surface area contributed by atoms with Crippen LogP contribution in [-0.2, 0) is 4.79 Å². The summed E-state index contributed by atoms with van der Waals surface area (Å²) in [5.41, 5.74) is 2.97. The van der Waals surface area contributed by atoms with Crippen molar-refractivity contribution >= 4 is 23.2 Å². The van der Waals surface area contributed by atoms with Gasteiger partial charge in [0.1, 0.15) is 6.04 Å². The maximum atomic E-state index is 12.3. The van der Waals surface area contributed by atoms with E-state index in [2.05, 4.69) is 29.6 Å². The molecule has 4 heteroatoms. The van der Waals surface area contributed by atoms with Crippen molar-refractivity contribution in [2.75, 3.05) is 11.9 Å². The summed E-state index contributed by atoms with van der Waals surface area (Å²) in [6.07, 6.45) is 0. The number of rotatable bonds is 6. The Labute approximate surface area is 152 Å². The van der Waals surface area contributed by atoms with Crippen LogP contribution in [0.15, 0.2) is 84.9 Å². The van der Waals surface area contributed by atoms with Gasteiger partial charge in [-0.2, -0.15) is 0 Å². The number of amides is 1. The molecule has 3 aromatic rings. The van der Waals surface area contributed by atoms with Gasteiger partial charge in [-0.3, -0.25) is 4.79 Å². The van der Waals surface area contributed by atoms with Crippen LogP contribution in [0.3, 0.4) is 0 Å². The van der Waals surface area contributed by atoms with Gasteiger partial charge >= 0.3 is 0 Å². The molecule has 0 saturated heterocycles. The molecule has 25 heavy (non-hydrogen) atoms. The number of carbonyl (C=O) groups excluding carboxylic acids is 1. The molecule has 3 N–H and O–H groups in total. The summed E-state index contributed by atoms with van der Waals surface area (Å²) in [7, 11) is 0. The van der Waals surface area contributed by atoms with Crippen molar-refractivity contribution in [3.05, 3.63) is 101 Å². The predicted octanol–water partition coefficient (Wildman–Crippen LogP) is 3.63. The van der Waals surface area contributed by atoms with Crippen molar-refractivity contribution in [3.63, 3.8) is 0 Å². The molecule has 0 bridgehead atoms. The molecule has 0 saturated carbocycles. The Bertz CT molecular complexity index is 782. The number of hydrogen-bond donors (Lipinski definition) is 2. The lowest BCUT2D eigenvalue weighted by atomic mass is 9.99. The van der Waals surface area contributed by atoms with E-state index in [4.69, 9.17) is 11.6 Å². The van der Waals surface area contributed by atoms with Crippen molar-refractivity contribution in [2.45, 2.75) is 6.04 Å². The zero-order valence-electron chi connectivity index (χ0n) is 13.7. The van der Waals surface area contributed by atoms with Crippen molar-refractivity contribution in [1.29, 1.82) is 0 Å². The van der Waals surface area contributed by atoms with Crippen LogP contribution in [0.1, 0.15) is 17.2 Å². The molecule has 0 atom stereocenters. The highest BCUT2D eigenvalue weighted by atomic mass is 35.5. The second kappa shape index (κ2) is 8.47. The number of quaternary nitrogens is 1. The lowest BCUT2D eigenvalue weighted by molar-refractivity contribution is -0.676. The van der Waals surface area contributed by atoms with E-state index in [1.54, 1.807) is 12.1 Å². The molecule has 126 valence electrons. The number of halogens is 1. The van der Waals surface area contributed by atoms with E-state index in [-0.39, 0.29) is 11.9 Å². The summed E-state index contributed by atoms with van der Waals surface area (Å²) in [4.78, 5) is 12.3. The highest BCUT2D eigenvalue weighted by Crippen LogP contribution is 2.20. The second-order valence-electron chi connectivity index (χ2n) is 5.77. The van der Waals surface area contributed by atoms with Gasteiger partial charge in [-0.25, -0.2) is 0 Å². The third kappa shape index (κ3) is 4.69. The first-order chi connectivity index (χ1) is 12.2. The molecule has 0 aliphatic carbocycles. The average Bonchev–Trinajstić information content (AvgIpc) is 2.66. The first-order valence-corrected chi connectivity index (χ1v) is 8.59. The molecule has 3 nitrogen and oxygen atoms in total. The Morgan fingerprint density at radius 3 is 1.92 bits per heavy atom. The molecule has 0 aliphatic rings. The standard InChI is InChI=1S/C21H19ClN2O/c22-18-13-7-8-14-19(18)24-20(25)15-23-21(16-9-3-1-4-10-16)17-11-5-2-6-12-17/h1-14,21,23H,15H2,(H,24,25)/p+1. The summed E-state index contributed by atoms with van der Waals surface area (Å²) < 4.78 is 0. The fraction of sp³-hybridized carbons (Fsp3) is 0.0952. The number of hydrogen-bond acceptors (Lipinski definition) is 1. The van der Waals surface area contributed by atoms with Gasteiger partial charge in [0, 0.05) is 11.1 Å². The molecule has 0 spiro atoms. The monoisotopic (exact) mass is 351 g/mol. The summed E-state index contributed by atoms with van der Waals surface area (Å²) in [5.74, 6) is -0.0787. The van der Waals surface area contributed by atoms with E-state index in [1.165, 1.54) is 11.1 Å². The van der Waals surface area contributed by atoms with Gasteiger partial charge in [0.05, 0.1) is 10.7 Å². The summed E-state index contributed by atoms with van der Waals surface area (Å²) in [5, 5.41) is 5.45. The molecule has 3 aromatic carbocycles. The summed E-state index contributed by atoms with van der Waals surface area (Å²) in [6.45, 7) is 0.305. The zero-order chi connectivity index (χ0) is 17.5. The number of para-hydroxylation sites is 1. The maximum Gasteiger partial charge on any atom is 0.279 e. The SMILES string of the molecule is O=C(C[NH2+]C(c1ccccc1)c1ccccc1)Nc1ccccc1Cl. The molecule has 3 rings (SSSR count). The number of nitrogens with one attached hydrogen (secondary N) is 1. The summed E-state index contributed by atoms with van der Waals surface area (Å²) in [6, 6.07) is 27.7. The molecular weight excluding hydrogens is 332 g/mol. The third-order valence-corrected chi connectivity index (χ3v) is 4.33. The normalized spacial score (nSPS) is 10.6.